The van der Waals surface area contributed by atoms with E-state index in [1.165, 1.54) is 23.5 Å². The third-order valence-corrected chi connectivity index (χ3v) is 7.63. The highest BCUT2D eigenvalue weighted by Crippen LogP contribution is 2.33. The number of halogens is 1. The zero-order valence-corrected chi connectivity index (χ0v) is 17.8. The van der Waals surface area contributed by atoms with Crippen molar-refractivity contribution in [2.24, 2.45) is 0 Å². The van der Waals surface area contributed by atoms with E-state index >= 15 is 0 Å². The fourth-order valence-corrected chi connectivity index (χ4v) is 5.62. The number of hydrogen-bond donors (Lipinski definition) is 2. The van der Waals surface area contributed by atoms with Gasteiger partial charge in [0.15, 0.2) is 5.13 Å². The smallest absolute Gasteiger partial charge is 0.336 e. The predicted octanol–water partition coefficient (Wildman–Crippen LogP) is 4.16. The van der Waals surface area contributed by atoms with Gasteiger partial charge < -0.3 is 10.0 Å². The number of nitrogens with zero attached hydrogens (tertiary/aromatic N) is 2. The van der Waals surface area contributed by atoms with Crippen molar-refractivity contribution in [3.05, 3.63) is 46.4 Å². The van der Waals surface area contributed by atoms with Crippen molar-refractivity contribution >= 4 is 64.3 Å². The van der Waals surface area contributed by atoms with Crippen LogP contribution >= 0.6 is 27.3 Å². The number of carbonyl (C=O) groups is 1. The van der Waals surface area contributed by atoms with Crippen LogP contribution in [0.15, 0.2) is 45.8 Å². The molecule has 0 saturated carbocycles. The van der Waals surface area contributed by atoms with Gasteiger partial charge in [0.1, 0.15) is 0 Å². The first-order valence-corrected chi connectivity index (χ1v) is 11.6. The van der Waals surface area contributed by atoms with Crippen molar-refractivity contribution in [3.8, 4) is 0 Å². The third kappa shape index (κ3) is 3.71. The maximum absolute atomic E-state index is 12.7. The zero-order valence-electron chi connectivity index (χ0n) is 14.6. The molecular weight excluding hydrogens is 466 g/mol. The summed E-state index contributed by atoms with van der Waals surface area (Å²) in [7, 11) is -3.92. The fourth-order valence-electron chi connectivity index (χ4n) is 3.07. The Morgan fingerprint density at radius 1 is 1.18 bits per heavy atom. The number of thiazole rings is 1. The standard InChI is InChI=1S/C18H16BrN3O4S2/c19-14-5-4-12(10-13(14)17(23)24)28(25,26)21-11-3-6-15-16(9-11)27-18(20-15)22-7-1-2-8-22/h3-6,9-10,21H,1-2,7-8H2,(H,23,24). The highest BCUT2D eigenvalue weighted by atomic mass is 79.9. The molecule has 1 aromatic heterocycles. The molecule has 0 aliphatic carbocycles. The third-order valence-electron chi connectivity index (χ3n) is 4.48. The highest BCUT2D eigenvalue weighted by molar-refractivity contribution is 9.10. The first-order valence-electron chi connectivity index (χ1n) is 8.55. The van der Waals surface area contributed by atoms with Gasteiger partial charge in [0.05, 0.1) is 26.4 Å². The Morgan fingerprint density at radius 3 is 2.64 bits per heavy atom. The first-order chi connectivity index (χ1) is 13.3. The van der Waals surface area contributed by atoms with Gasteiger partial charge in [-0.05, 0) is 65.2 Å². The molecule has 10 heteroatoms. The number of carboxylic acid groups (broad SMARTS) is 1. The molecule has 1 saturated heterocycles. The van der Waals surface area contributed by atoms with E-state index in [2.05, 4.69) is 30.5 Å². The summed E-state index contributed by atoms with van der Waals surface area (Å²) in [6.45, 7) is 1.99. The van der Waals surface area contributed by atoms with Crippen LogP contribution < -0.4 is 9.62 Å². The minimum absolute atomic E-state index is 0.115. The Labute approximate surface area is 174 Å². The lowest BCUT2D eigenvalue weighted by Crippen LogP contribution is -2.16. The normalized spacial score (nSPS) is 14.5. The van der Waals surface area contributed by atoms with Gasteiger partial charge in [-0.1, -0.05) is 11.3 Å². The molecule has 7 nitrogen and oxygen atoms in total. The van der Waals surface area contributed by atoms with Crippen LogP contribution in [0.25, 0.3) is 10.2 Å². The molecule has 2 aromatic carbocycles. The summed E-state index contributed by atoms with van der Waals surface area (Å²) in [4.78, 5) is 18.0. The molecule has 1 fully saturated rings. The molecule has 146 valence electrons. The quantitative estimate of drug-likeness (QED) is 0.567. The number of hydrogen-bond acceptors (Lipinski definition) is 6. The monoisotopic (exact) mass is 481 g/mol. The van der Waals surface area contributed by atoms with Crippen LogP contribution in [0.3, 0.4) is 0 Å². The van der Waals surface area contributed by atoms with Gasteiger partial charge in [-0.25, -0.2) is 18.2 Å². The summed E-state index contributed by atoms with van der Waals surface area (Å²) in [5.74, 6) is -1.20. The molecule has 0 radical (unpaired) electrons. The van der Waals surface area contributed by atoms with E-state index in [-0.39, 0.29) is 10.5 Å². The van der Waals surface area contributed by atoms with Crippen molar-refractivity contribution in [1.82, 2.24) is 4.98 Å². The molecule has 4 rings (SSSR count). The van der Waals surface area contributed by atoms with E-state index in [0.29, 0.717) is 10.2 Å². The summed E-state index contributed by atoms with van der Waals surface area (Å²) in [6.07, 6.45) is 2.32. The molecule has 1 aliphatic rings. The molecule has 0 amide bonds. The Balaban J connectivity index is 1.63. The Bertz CT molecular complexity index is 1170. The topological polar surface area (TPSA) is 99.6 Å². The molecule has 2 N–H and O–H groups in total. The Morgan fingerprint density at radius 2 is 1.93 bits per heavy atom. The number of aromatic carboxylic acids is 1. The van der Waals surface area contributed by atoms with Crippen LogP contribution in [-0.4, -0.2) is 37.6 Å². The van der Waals surface area contributed by atoms with Crippen LogP contribution in [0.1, 0.15) is 23.2 Å². The molecule has 0 unspecified atom stereocenters. The molecule has 2 heterocycles. The van der Waals surface area contributed by atoms with Crippen LogP contribution in [0.2, 0.25) is 0 Å². The number of rotatable bonds is 5. The van der Waals surface area contributed by atoms with E-state index in [0.717, 1.165) is 47.3 Å². The SMILES string of the molecule is O=C(O)c1cc(S(=O)(=O)Nc2ccc3nc(N4CCCC4)sc3c2)ccc1Br. The maximum atomic E-state index is 12.7. The number of benzene rings is 2. The number of fused-ring (bicyclic) bond motifs is 1. The van der Waals surface area contributed by atoms with Crippen molar-refractivity contribution in [2.45, 2.75) is 17.7 Å². The number of anilines is 2. The lowest BCUT2D eigenvalue weighted by molar-refractivity contribution is 0.0695. The van der Waals surface area contributed by atoms with Gasteiger partial charge in [0, 0.05) is 17.6 Å². The number of aromatic nitrogens is 1. The molecule has 0 bridgehead atoms. The number of nitrogens with one attached hydrogen (secondary N) is 1. The zero-order chi connectivity index (χ0) is 19.9. The van der Waals surface area contributed by atoms with Crippen LogP contribution in [0, 0.1) is 0 Å². The average Bonchev–Trinajstić information content (AvgIpc) is 3.30. The first kappa shape index (κ1) is 19.2. The van der Waals surface area contributed by atoms with Crippen molar-refractivity contribution in [2.75, 3.05) is 22.7 Å². The van der Waals surface area contributed by atoms with Gasteiger partial charge in [-0.2, -0.15) is 0 Å². The molecule has 3 aromatic rings. The predicted molar refractivity (Wildman–Crippen MR) is 113 cm³/mol. The average molecular weight is 482 g/mol. The van der Waals surface area contributed by atoms with E-state index in [1.54, 1.807) is 18.2 Å². The summed E-state index contributed by atoms with van der Waals surface area (Å²) < 4.78 is 29.1. The number of sulfonamides is 1. The van der Waals surface area contributed by atoms with E-state index in [4.69, 9.17) is 0 Å². The summed E-state index contributed by atoms with van der Waals surface area (Å²) >= 11 is 4.65. The van der Waals surface area contributed by atoms with Crippen LogP contribution in [0.5, 0.6) is 0 Å². The largest absolute Gasteiger partial charge is 0.478 e. The minimum Gasteiger partial charge on any atom is -0.478 e. The van der Waals surface area contributed by atoms with Gasteiger partial charge >= 0.3 is 5.97 Å². The second-order valence-corrected chi connectivity index (χ2v) is 9.97. The molecule has 28 heavy (non-hydrogen) atoms. The van der Waals surface area contributed by atoms with E-state index in [9.17, 15) is 18.3 Å². The van der Waals surface area contributed by atoms with Gasteiger partial charge in [-0.3, -0.25) is 4.72 Å². The molecular formula is C18H16BrN3O4S2. The highest BCUT2D eigenvalue weighted by Gasteiger charge is 2.20. The molecule has 1 aliphatic heterocycles. The minimum atomic E-state index is -3.92. The summed E-state index contributed by atoms with van der Waals surface area (Å²) in [6, 6.07) is 9.09. The summed E-state index contributed by atoms with van der Waals surface area (Å²) in [5, 5.41) is 10.2. The maximum Gasteiger partial charge on any atom is 0.336 e. The van der Waals surface area contributed by atoms with E-state index < -0.39 is 16.0 Å². The lowest BCUT2D eigenvalue weighted by atomic mass is 10.2. The van der Waals surface area contributed by atoms with Crippen LogP contribution in [0.4, 0.5) is 10.8 Å². The second kappa shape index (κ2) is 7.34. The molecule has 0 atom stereocenters. The van der Waals surface area contributed by atoms with Crippen molar-refractivity contribution in [1.29, 1.82) is 0 Å². The summed E-state index contributed by atoms with van der Waals surface area (Å²) in [5.41, 5.74) is 1.12. The van der Waals surface area contributed by atoms with Crippen molar-refractivity contribution in [3.63, 3.8) is 0 Å². The van der Waals surface area contributed by atoms with Crippen LogP contribution in [-0.2, 0) is 10.0 Å². The Kier molecular flexibility index (Phi) is 5.02. The van der Waals surface area contributed by atoms with Gasteiger partial charge in [0.25, 0.3) is 10.0 Å². The lowest BCUT2D eigenvalue weighted by Gasteiger charge is -2.11. The van der Waals surface area contributed by atoms with Crippen molar-refractivity contribution < 1.29 is 18.3 Å². The number of carboxylic acids is 1. The van der Waals surface area contributed by atoms with Gasteiger partial charge in [0.2, 0.25) is 0 Å². The van der Waals surface area contributed by atoms with E-state index in [1.807, 2.05) is 0 Å². The molecule has 0 spiro atoms. The fraction of sp³-hybridized carbons (Fsp3) is 0.222. The Hall–Kier alpha value is -2.17. The second-order valence-electron chi connectivity index (χ2n) is 6.43. The van der Waals surface area contributed by atoms with Gasteiger partial charge in [-0.15, -0.1) is 0 Å².